The highest BCUT2D eigenvalue weighted by Gasteiger charge is 2.27. The maximum absolute atomic E-state index is 13.1. The first-order chi connectivity index (χ1) is 16.1. The van der Waals surface area contributed by atoms with E-state index >= 15 is 0 Å². The van der Waals surface area contributed by atoms with Crippen molar-refractivity contribution in [2.75, 3.05) is 27.3 Å². The Labute approximate surface area is 195 Å². The fourth-order valence-corrected chi connectivity index (χ4v) is 4.86. The van der Waals surface area contributed by atoms with E-state index in [1.807, 2.05) is 47.4 Å². The number of rotatable bonds is 6. The SMILES string of the molecule is COc1ccc(OC)c(-c2cc(C(=O)N3CCC(Oc4nc5ccccc5s4)CC3)[nH]n2)c1. The van der Waals surface area contributed by atoms with Gasteiger partial charge in [0.25, 0.3) is 11.1 Å². The number of carbonyl (C=O) groups is 1. The molecule has 1 saturated heterocycles. The highest BCUT2D eigenvalue weighted by Crippen LogP contribution is 2.33. The Morgan fingerprint density at radius 3 is 2.67 bits per heavy atom. The number of fused-ring (bicyclic) bond motifs is 1. The van der Waals surface area contributed by atoms with Gasteiger partial charge in [-0.3, -0.25) is 9.89 Å². The average molecular weight is 465 g/mol. The van der Waals surface area contributed by atoms with Crippen LogP contribution >= 0.6 is 11.3 Å². The number of ether oxygens (including phenoxy) is 3. The minimum atomic E-state index is -0.0750. The van der Waals surface area contributed by atoms with Crippen molar-refractivity contribution in [2.24, 2.45) is 0 Å². The normalized spacial score (nSPS) is 14.4. The number of aromatic amines is 1. The van der Waals surface area contributed by atoms with Crippen molar-refractivity contribution < 1.29 is 19.0 Å². The van der Waals surface area contributed by atoms with Gasteiger partial charge in [-0.2, -0.15) is 5.10 Å². The lowest BCUT2D eigenvalue weighted by Crippen LogP contribution is -2.41. The molecule has 2 aromatic carbocycles. The van der Waals surface area contributed by atoms with Gasteiger partial charge in [0.1, 0.15) is 23.3 Å². The summed E-state index contributed by atoms with van der Waals surface area (Å²) in [4.78, 5) is 19.4. The highest BCUT2D eigenvalue weighted by atomic mass is 32.1. The minimum Gasteiger partial charge on any atom is -0.497 e. The number of aromatic nitrogens is 3. The van der Waals surface area contributed by atoms with Crippen molar-refractivity contribution in [1.29, 1.82) is 0 Å². The lowest BCUT2D eigenvalue weighted by molar-refractivity contribution is 0.0590. The fraction of sp³-hybridized carbons (Fsp3) is 0.292. The van der Waals surface area contributed by atoms with Crippen LogP contribution in [0.5, 0.6) is 16.7 Å². The molecule has 170 valence electrons. The second kappa shape index (κ2) is 9.11. The number of likely N-dealkylation sites (tertiary alicyclic amines) is 1. The van der Waals surface area contributed by atoms with Crippen molar-refractivity contribution in [3.05, 3.63) is 54.2 Å². The van der Waals surface area contributed by atoms with Gasteiger partial charge in [0.05, 0.1) is 30.1 Å². The Bertz CT molecular complexity index is 1240. The van der Waals surface area contributed by atoms with Crippen molar-refractivity contribution in [1.82, 2.24) is 20.1 Å². The monoisotopic (exact) mass is 464 g/mol. The summed E-state index contributed by atoms with van der Waals surface area (Å²) in [6, 6.07) is 15.2. The molecule has 1 aliphatic heterocycles. The van der Waals surface area contributed by atoms with E-state index in [9.17, 15) is 4.79 Å². The van der Waals surface area contributed by atoms with Gasteiger partial charge >= 0.3 is 0 Å². The van der Waals surface area contributed by atoms with E-state index in [0.29, 0.717) is 41.2 Å². The van der Waals surface area contributed by atoms with Crippen LogP contribution in [0.2, 0.25) is 0 Å². The smallest absolute Gasteiger partial charge is 0.274 e. The Balaban J connectivity index is 1.23. The summed E-state index contributed by atoms with van der Waals surface area (Å²) in [6.45, 7) is 1.23. The lowest BCUT2D eigenvalue weighted by atomic mass is 10.1. The van der Waals surface area contributed by atoms with Crippen molar-refractivity contribution in [3.63, 3.8) is 0 Å². The molecular weight excluding hydrogens is 440 g/mol. The van der Waals surface area contributed by atoms with Gasteiger partial charge in [0.2, 0.25) is 0 Å². The molecule has 0 aliphatic carbocycles. The molecule has 9 heteroatoms. The molecule has 3 heterocycles. The number of amides is 1. The summed E-state index contributed by atoms with van der Waals surface area (Å²) in [5.74, 6) is 1.28. The largest absolute Gasteiger partial charge is 0.497 e. The standard InChI is InChI=1S/C24H24N4O4S/c1-30-16-7-8-21(31-2)17(13-16)19-14-20(27-26-19)23(29)28-11-9-15(10-12-28)32-24-25-18-5-3-4-6-22(18)33-24/h3-8,13-15H,9-12H2,1-2H3,(H,26,27). The topological polar surface area (TPSA) is 89.6 Å². The third kappa shape index (κ3) is 4.36. The molecule has 0 unspecified atom stereocenters. The third-order valence-electron chi connectivity index (χ3n) is 5.76. The van der Waals surface area contributed by atoms with Crippen LogP contribution in [-0.4, -0.2) is 59.4 Å². The van der Waals surface area contributed by atoms with Crippen molar-refractivity contribution >= 4 is 27.5 Å². The first-order valence-corrected chi connectivity index (χ1v) is 11.6. The average Bonchev–Trinajstić information content (AvgIpc) is 3.50. The van der Waals surface area contributed by atoms with E-state index in [4.69, 9.17) is 14.2 Å². The van der Waals surface area contributed by atoms with Gasteiger partial charge in [0.15, 0.2) is 0 Å². The van der Waals surface area contributed by atoms with Crippen LogP contribution in [0.1, 0.15) is 23.3 Å². The fourth-order valence-electron chi connectivity index (χ4n) is 3.97. The molecule has 0 saturated carbocycles. The molecule has 0 bridgehead atoms. The summed E-state index contributed by atoms with van der Waals surface area (Å²) in [6.07, 6.45) is 1.56. The first kappa shape index (κ1) is 21.3. The maximum Gasteiger partial charge on any atom is 0.274 e. The zero-order valence-electron chi connectivity index (χ0n) is 18.4. The van der Waals surface area contributed by atoms with Crippen LogP contribution in [0.15, 0.2) is 48.5 Å². The van der Waals surface area contributed by atoms with Gasteiger partial charge < -0.3 is 19.1 Å². The van der Waals surface area contributed by atoms with Crippen LogP contribution in [-0.2, 0) is 0 Å². The Kier molecular flexibility index (Phi) is 5.87. The van der Waals surface area contributed by atoms with Gasteiger partial charge in [-0.15, -0.1) is 0 Å². The van der Waals surface area contributed by atoms with E-state index in [-0.39, 0.29) is 12.0 Å². The van der Waals surface area contributed by atoms with Crippen molar-refractivity contribution in [2.45, 2.75) is 18.9 Å². The number of para-hydroxylation sites is 1. The number of methoxy groups -OCH3 is 2. The zero-order valence-corrected chi connectivity index (χ0v) is 19.2. The van der Waals surface area contributed by atoms with Crippen LogP contribution in [0.3, 0.4) is 0 Å². The molecule has 0 radical (unpaired) electrons. The van der Waals surface area contributed by atoms with Gasteiger partial charge in [-0.05, 0) is 36.4 Å². The number of nitrogens with one attached hydrogen (secondary N) is 1. The Morgan fingerprint density at radius 2 is 1.91 bits per heavy atom. The molecule has 0 spiro atoms. The maximum atomic E-state index is 13.1. The number of benzene rings is 2. The molecule has 2 aromatic heterocycles. The van der Waals surface area contributed by atoms with E-state index < -0.39 is 0 Å². The number of hydrogen-bond acceptors (Lipinski definition) is 7. The molecule has 1 fully saturated rings. The minimum absolute atomic E-state index is 0.0491. The summed E-state index contributed by atoms with van der Waals surface area (Å²) in [5.41, 5.74) is 2.78. The van der Waals surface area contributed by atoms with Crippen LogP contribution in [0.25, 0.3) is 21.5 Å². The number of thiazole rings is 1. The van der Waals surface area contributed by atoms with Gasteiger partial charge in [-0.1, -0.05) is 23.5 Å². The third-order valence-corrected chi connectivity index (χ3v) is 6.69. The summed E-state index contributed by atoms with van der Waals surface area (Å²) >= 11 is 1.55. The molecule has 33 heavy (non-hydrogen) atoms. The number of H-pyrrole nitrogens is 1. The van der Waals surface area contributed by atoms with E-state index in [0.717, 1.165) is 28.6 Å². The number of carbonyl (C=O) groups excluding carboxylic acids is 1. The van der Waals surface area contributed by atoms with Crippen LogP contribution in [0.4, 0.5) is 0 Å². The summed E-state index contributed by atoms with van der Waals surface area (Å²) in [7, 11) is 3.21. The van der Waals surface area contributed by atoms with Gasteiger partial charge in [-0.25, -0.2) is 4.98 Å². The summed E-state index contributed by atoms with van der Waals surface area (Å²) in [5, 5.41) is 7.90. The highest BCUT2D eigenvalue weighted by molar-refractivity contribution is 7.20. The summed E-state index contributed by atoms with van der Waals surface area (Å²) < 4.78 is 18.0. The van der Waals surface area contributed by atoms with E-state index in [1.165, 1.54) is 0 Å². The van der Waals surface area contributed by atoms with E-state index in [2.05, 4.69) is 15.2 Å². The Morgan fingerprint density at radius 1 is 1.09 bits per heavy atom. The number of nitrogens with zero attached hydrogens (tertiary/aromatic N) is 3. The number of piperidine rings is 1. The van der Waals surface area contributed by atoms with Gasteiger partial charge in [0, 0.05) is 31.5 Å². The molecule has 8 nitrogen and oxygen atoms in total. The second-order valence-electron chi connectivity index (χ2n) is 7.79. The molecule has 5 rings (SSSR count). The molecule has 1 aliphatic rings. The van der Waals surface area contributed by atoms with E-state index in [1.54, 1.807) is 31.6 Å². The molecular formula is C24H24N4O4S. The quantitative estimate of drug-likeness (QED) is 0.455. The lowest BCUT2D eigenvalue weighted by Gasteiger charge is -2.31. The Hall–Kier alpha value is -3.59. The number of hydrogen-bond donors (Lipinski definition) is 1. The van der Waals surface area contributed by atoms with Crippen molar-refractivity contribution in [3.8, 4) is 28.0 Å². The molecule has 1 N–H and O–H groups in total. The molecule has 1 amide bonds. The molecule has 0 atom stereocenters. The second-order valence-corrected chi connectivity index (χ2v) is 8.78. The molecule has 4 aromatic rings. The zero-order chi connectivity index (χ0) is 22.8. The van der Waals surface area contributed by atoms with Crippen LogP contribution in [0, 0.1) is 0 Å². The van der Waals surface area contributed by atoms with Crippen LogP contribution < -0.4 is 14.2 Å². The predicted molar refractivity (Wildman–Crippen MR) is 126 cm³/mol. The predicted octanol–water partition coefficient (Wildman–Crippen LogP) is 4.39. The first-order valence-electron chi connectivity index (χ1n) is 10.7.